The summed E-state index contributed by atoms with van der Waals surface area (Å²) < 4.78 is 1.90. The van der Waals surface area contributed by atoms with Gasteiger partial charge in [0.2, 0.25) is 0 Å². The van der Waals surface area contributed by atoms with Crippen molar-refractivity contribution in [1.29, 1.82) is 0 Å². The number of amides is 1. The molecule has 1 saturated carbocycles. The molecule has 1 aliphatic rings. The number of carboxylic acids is 1. The molecule has 1 N–H and O–H groups in total. The number of carboxylic acid groups (broad SMARTS) is 1. The SMILES string of the molecule is O=C(O)CN(C(=O)c1cn(-c2ccccc2)c(-c2ccccc2)n1)C1CCCCCC1. The molecule has 6 nitrogen and oxygen atoms in total. The summed E-state index contributed by atoms with van der Waals surface area (Å²) in [6.45, 7) is -0.303. The summed E-state index contributed by atoms with van der Waals surface area (Å²) in [4.78, 5) is 31.3. The topological polar surface area (TPSA) is 75.4 Å². The van der Waals surface area contributed by atoms with Crippen LogP contribution in [-0.4, -0.2) is 44.0 Å². The molecule has 3 aromatic rings. The number of carbonyl (C=O) groups excluding carboxylic acids is 1. The van der Waals surface area contributed by atoms with Gasteiger partial charge in [0, 0.05) is 23.5 Å². The number of benzene rings is 2. The van der Waals surface area contributed by atoms with Crippen LogP contribution in [0.1, 0.15) is 49.0 Å². The third kappa shape index (κ3) is 4.85. The van der Waals surface area contributed by atoms with E-state index in [9.17, 15) is 14.7 Å². The highest BCUT2D eigenvalue weighted by atomic mass is 16.4. The molecule has 31 heavy (non-hydrogen) atoms. The minimum absolute atomic E-state index is 0.0619. The number of aliphatic carboxylic acids is 1. The molecule has 1 amide bonds. The van der Waals surface area contributed by atoms with Gasteiger partial charge >= 0.3 is 5.97 Å². The van der Waals surface area contributed by atoms with Crippen LogP contribution in [0.2, 0.25) is 0 Å². The van der Waals surface area contributed by atoms with Crippen molar-refractivity contribution in [2.45, 2.75) is 44.6 Å². The van der Waals surface area contributed by atoms with Crippen molar-refractivity contribution in [2.24, 2.45) is 0 Å². The molecule has 0 spiro atoms. The lowest BCUT2D eigenvalue weighted by Gasteiger charge is -2.29. The number of hydrogen-bond acceptors (Lipinski definition) is 3. The largest absolute Gasteiger partial charge is 0.480 e. The Bertz CT molecular complexity index is 966. The van der Waals surface area contributed by atoms with Gasteiger partial charge in [0.1, 0.15) is 18.1 Å². The molecule has 0 aliphatic heterocycles. The van der Waals surface area contributed by atoms with Crippen molar-refractivity contribution in [3.05, 3.63) is 72.6 Å². The molecule has 0 bridgehead atoms. The number of para-hydroxylation sites is 1. The summed E-state index contributed by atoms with van der Waals surface area (Å²) in [5, 5.41) is 9.48. The van der Waals surface area contributed by atoms with Crippen LogP contribution >= 0.6 is 0 Å². The predicted octanol–water partition coefficient (Wildman–Crippen LogP) is 4.79. The average molecular weight is 418 g/mol. The van der Waals surface area contributed by atoms with Crippen molar-refractivity contribution in [1.82, 2.24) is 14.5 Å². The van der Waals surface area contributed by atoms with Gasteiger partial charge in [-0.1, -0.05) is 74.2 Å². The number of nitrogens with zero attached hydrogens (tertiary/aromatic N) is 3. The summed E-state index contributed by atoms with van der Waals surface area (Å²) in [7, 11) is 0. The highest BCUT2D eigenvalue weighted by molar-refractivity contribution is 5.95. The first kappa shape index (κ1) is 20.8. The van der Waals surface area contributed by atoms with Crippen LogP contribution in [0.4, 0.5) is 0 Å². The Hall–Kier alpha value is -3.41. The lowest BCUT2D eigenvalue weighted by Crippen LogP contribution is -2.43. The number of rotatable bonds is 6. The lowest BCUT2D eigenvalue weighted by molar-refractivity contribution is -0.138. The standard InChI is InChI=1S/C25H27N3O3/c29-23(30)18-28(21-15-7-1-2-8-16-21)25(31)22-17-27(20-13-9-4-10-14-20)24(26-22)19-11-5-3-6-12-19/h3-6,9-14,17,21H,1-2,7-8,15-16,18H2,(H,29,30). The van der Waals surface area contributed by atoms with Gasteiger partial charge in [0.25, 0.3) is 5.91 Å². The summed E-state index contributed by atoms with van der Waals surface area (Å²) >= 11 is 0. The van der Waals surface area contributed by atoms with Crippen LogP contribution in [-0.2, 0) is 4.79 Å². The van der Waals surface area contributed by atoms with Gasteiger partial charge in [-0.3, -0.25) is 14.2 Å². The Morgan fingerprint density at radius 1 is 0.935 bits per heavy atom. The first-order valence-electron chi connectivity index (χ1n) is 10.9. The van der Waals surface area contributed by atoms with Crippen molar-refractivity contribution in [3.8, 4) is 17.1 Å². The van der Waals surface area contributed by atoms with Crippen molar-refractivity contribution in [3.63, 3.8) is 0 Å². The van der Waals surface area contributed by atoms with Crippen molar-refractivity contribution in [2.75, 3.05) is 6.54 Å². The van der Waals surface area contributed by atoms with E-state index in [1.165, 1.54) is 4.90 Å². The molecule has 1 fully saturated rings. The fourth-order valence-corrected chi connectivity index (χ4v) is 4.29. The third-order valence-electron chi connectivity index (χ3n) is 5.82. The molecule has 1 aliphatic carbocycles. The average Bonchev–Trinajstić information content (AvgIpc) is 3.07. The number of hydrogen-bond donors (Lipinski definition) is 1. The number of aromatic nitrogens is 2. The molecule has 6 heteroatoms. The maximum absolute atomic E-state index is 13.5. The van der Waals surface area contributed by atoms with Crippen LogP contribution in [0.3, 0.4) is 0 Å². The Kier molecular flexibility index (Phi) is 6.46. The predicted molar refractivity (Wildman–Crippen MR) is 119 cm³/mol. The van der Waals surface area contributed by atoms with Crippen LogP contribution in [0.5, 0.6) is 0 Å². The summed E-state index contributed by atoms with van der Waals surface area (Å²) in [5.41, 5.74) is 2.06. The molecular formula is C25H27N3O3. The highest BCUT2D eigenvalue weighted by Gasteiger charge is 2.29. The molecule has 1 aromatic heterocycles. The maximum atomic E-state index is 13.5. The van der Waals surface area contributed by atoms with Gasteiger partial charge in [-0.05, 0) is 25.0 Å². The molecule has 160 valence electrons. The molecule has 0 radical (unpaired) electrons. The summed E-state index contributed by atoms with van der Waals surface area (Å²) in [6.07, 6.45) is 7.70. The second-order valence-electron chi connectivity index (χ2n) is 7.99. The monoisotopic (exact) mass is 417 g/mol. The number of imidazole rings is 1. The van der Waals surface area contributed by atoms with Crippen LogP contribution in [0.15, 0.2) is 66.9 Å². The Morgan fingerprint density at radius 2 is 1.55 bits per heavy atom. The first-order chi connectivity index (χ1) is 15.1. The third-order valence-corrected chi connectivity index (χ3v) is 5.82. The Balaban J connectivity index is 1.74. The smallest absolute Gasteiger partial charge is 0.323 e. The van der Waals surface area contributed by atoms with Crippen molar-refractivity contribution >= 4 is 11.9 Å². The second kappa shape index (κ2) is 9.60. The minimum atomic E-state index is -0.997. The fourth-order valence-electron chi connectivity index (χ4n) is 4.29. The fraction of sp³-hybridized carbons (Fsp3) is 0.320. The van der Waals surface area contributed by atoms with Gasteiger partial charge in [-0.25, -0.2) is 4.98 Å². The van der Waals surface area contributed by atoms with Crippen LogP contribution in [0.25, 0.3) is 17.1 Å². The van der Waals surface area contributed by atoms with E-state index in [2.05, 4.69) is 4.98 Å². The molecule has 0 saturated heterocycles. The maximum Gasteiger partial charge on any atom is 0.323 e. The Morgan fingerprint density at radius 3 is 2.16 bits per heavy atom. The van der Waals surface area contributed by atoms with Crippen LogP contribution in [0, 0.1) is 0 Å². The minimum Gasteiger partial charge on any atom is -0.480 e. The molecule has 1 heterocycles. The molecule has 4 rings (SSSR count). The highest BCUT2D eigenvalue weighted by Crippen LogP contribution is 2.26. The van der Waals surface area contributed by atoms with E-state index < -0.39 is 5.97 Å². The quantitative estimate of drug-likeness (QED) is 0.585. The van der Waals surface area contributed by atoms with Crippen LogP contribution < -0.4 is 0 Å². The van der Waals surface area contributed by atoms with E-state index in [1.54, 1.807) is 6.20 Å². The van der Waals surface area contributed by atoms with E-state index in [1.807, 2.05) is 65.2 Å². The van der Waals surface area contributed by atoms with E-state index in [0.29, 0.717) is 5.82 Å². The molecule has 0 unspecified atom stereocenters. The van der Waals surface area contributed by atoms with Gasteiger partial charge < -0.3 is 10.0 Å². The second-order valence-corrected chi connectivity index (χ2v) is 7.99. The van der Waals surface area contributed by atoms with Crippen molar-refractivity contribution < 1.29 is 14.7 Å². The zero-order valence-electron chi connectivity index (χ0n) is 17.5. The zero-order chi connectivity index (χ0) is 21.6. The van der Waals surface area contributed by atoms with Gasteiger partial charge in [0.15, 0.2) is 0 Å². The summed E-state index contributed by atoms with van der Waals surface area (Å²) in [6, 6.07) is 19.4. The van der Waals surface area contributed by atoms with E-state index in [-0.39, 0.29) is 24.2 Å². The molecule has 2 aromatic carbocycles. The normalized spacial score (nSPS) is 14.7. The first-order valence-corrected chi connectivity index (χ1v) is 10.9. The van der Waals surface area contributed by atoms with E-state index in [0.717, 1.165) is 49.8 Å². The van der Waals surface area contributed by atoms with Gasteiger partial charge in [-0.2, -0.15) is 0 Å². The Labute approximate surface area is 182 Å². The van der Waals surface area contributed by atoms with Gasteiger partial charge in [-0.15, -0.1) is 0 Å². The van der Waals surface area contributed by atoms with E-state index >= 15 is 0 Å². The molecular weight excluding hydrogens is 390 g/mol. The molecule has 0 atom stereocenters. The zero-order valence-corrected chi connectivity index (χ0v) is 17.5. The number of carbonyl (C=O) groups is 2. The lowest BCUT2D eigenvalue weighted by atomic mass is 10.1. The summed E-state index contributed by atoms with van der Waals surface area (Å²) in [5.74, 6) is -0.657. The van der Waals surface area contributed by atoms with E-state index in [4.69, 9.17) is 0 Å². The van der Waals surface area contributed by atoms with Gasteiger partial charge in [0.05, 0.1) is 0 Å².